The minimum Gasteiger partial charge on any atom is -0.473 e. The van der Waals surface area contributed by atoms with Gasteiger partial charge in [0.25, 0.3) is 0 Å². The van der Waals surface area contributed by atoms with Crippen molar-refractivity contribution in [2.75, 3.05) is 12.8 Å². The van der Waals surface area contributed by atoms with E-state index in [0.717, 1.165) is 4.31 Å². The van der Waals surface area contributed by atoms with Crippen molar-refractivity contribution in [3.05, 3.63) is 58.5 Å². The second-order valence-electron chi connectivity index (χ2n) is 6.39. The minimum atomic E-state index is -3.70. The molecule has 0 radical (unpaired) electrons. The molecule has 2 aromatic rings. The first-order valence-corrected chi connectivity index (χ1v) is 9.95. The third-order valence-electron chi connectivity index (χ3n) is 4.26. The first kappa shape index (κ1) is 19.4. The summed E-state index contributed by atoms with van der Waals surface area (Å²) in [4.78, 5) is 8.25. The van der Waals surface area contributed by atoms with Crippen LogP contribution in [0.15, 0.2) is 41.5 Å². The van der Waals surface area contributed by atoms with Crippen LogP contribution in [0.25, 0.3) is 0 Å². The van der Waals surface area contributed by atoms with Gasteiger partial charge in [0, 0.05) is 24.9 Å². The number of hydrogen-bond donors (Lipinski definition) is 1. The second kappa shape index (κ2) is 6.97. The molecule has 1 aliphatic rings. The molecule has 0 spiro atoms. The van der Waals surface area contributed by atoms with Crippen molar-refractivity contribution in [2.45, 2.75) is 19.1 Å². The van der Waals surface area contributed by atoms with Crippen LogP contribution in [0.1, 0.15) is 18.1 Å². The van der Waals surface area contributed by atoms with Crippen LogP contribution in [0.3, 0.4) is 0 Å². The van der Waals surface area contributed by atoms with E-state index in [1.807, 2.05) is 0 Å². The van der Waals surface area contributed by atoms with Gasteiger partial charge in [0.1, 0.15) is 18.0 Å². The second-order valence-corrected chi connectivity index (χ2v) is 8.82. The van der Waals surface area contributed by atoms with Gasteiger partial charge >= 0.3 is 0 Å². The number of aliphatic imine (C=N–C) groups is 1. The summed E-state index contributed by atoms with van der Waals surface area (Å²) in [7, 11) is -2.39. The average Bonchev–Trinajstić information content (AvgIpc) is 2.60. The molecule has 1 atom stereocenters. The molecule has 1 aromatic carbocycles. The Kier molecular flexibility index (Phi) is 5.00. The van der Waals surface area contributed by atoms with Crippen LogP contribution in [-0.4, -0.2) is 36.5 Å². The van der Waals surface area contributed by atoms with Crippen molar-refractivity contribution in [2.24, 2.45) is 10.7 Å². The Labute approximate surface area is 161 Å². The maximum atomic E-state index is 14.5. The minimum absolute atomic E-state index is 0.115. The standard InChI is InChI=1S/C17H18ClFN4O3S/c1-17(10-27(24,25)23(2)16(20)22-17)13-7-11(3-5-14(13)19)9-26-15-6-4-12(18)8-21-15/h3-8H,9-10H2,1-2H3,(H2,20,22)/t17-/m0/s1. The van der Waals surface area contributed by atoms with Crippen molar-refractivity contribution in [1.29, 1.82) is 0 Å². The Morgan fingerprint density at radius 1 is 1.37 bits per heavy atom. The topological polar surface area (TPSA) is 97.9 Å². The molecule has 0 saturated heterocycles. The molecule has 1 aromatic heterocycles. The van der Waals surface area contributed by atoms with E-state index in [1.165, 1.54) is 32.3 Å². The Morgan fingerprint density at radius 2 is 2.11 bits per heavy atom. The fraction of sp³-hybridized carbons (Fsp3) is 0.294. The Hall–Kier alpha value is -2.39. The van der Waals surface area contributed by atoms with Crippen molar-refractivity contribution in [3.63, 3.8) is 0 Å². The van der Waals surface area contributed by atoms with Crippen molar-refractivity contribution in [3.8, 4) is 5.88 Å². The van der Waals surface area contributed by atoms with Gasteiger partial charge in [0.05, 0.1) is 10.8 Å². The van der Waals surface area contributed by atoms with Crippen LogP contribution in [0.2, 0.25) is 5.02 Å². The molecule has 0 aliphatic carbocycles. The number of guanidine groups is 1. The third-order valence-corrected chi connectivity index (χ3v) is 6.43. The highest BCUT2D eigenvalue weighted by Crippen LogP contribution is 2.34. The summed E-state index contributed by atoms with van der Waals surface area (Å²) in [5, 5.41) is 0.485. The number of rotatable bonds is 4. The predicted octanol–water partition coefficient (Wildman–Crippen LogP) is 2.26. The fourth-order valence-electron chi connectivity index (χ4n) is 2.77. The predicted molar refractivity (Wildman–Crippen MR) is 101 cm³/mol. The molecular weight excluding hydrogens is 395 g/mol. The highest BCUT2D eigenvalue weighted by Gasteiger charge is 2.41. The maximum absolute atomic E-state index is 14.5. The van der Waals surface area contributed by atoms with Gasteiger partial charge in [-0.3, -0.25) is 0 Å². The van der Waals surface area contributed by atoms with E-state index in [1.54, 1.807) is 18.2 Å². The van der Waals surface area contributed by atoms with E-state index >= 15 is 0 Å². The Balaban J connectivity index is 1.90. The Bertz CT molecular complexity index is 998. The average molecular weight is 413 g/mol. The third kappa shape index (κ3) is 3.98. The number of pyridine rings is 1. The van der Waals surface area contributed by atoms with Gasteiger partial charge in [-0.1, -0.05) is 17.7 Å². The quantitative estimate of drug-likeness (QED) is 0.830. The van der Waals surface area contributed by atoms with Crippen LogP contribution < -0.4 is 10.5 Å². The summed E-state index contributed by atoms with van der Waals surface area (Å²) >= 11 is 5.78. The largest absolute Gasteiger partial charge is 0.473 e. The molecule has 0 unspecified atom stereocenters. The van der Waals surface area contributed by atoms with Gasteiger partial charge in [-0.05, 0) is 30.7 Å². The number of nitrogens with two attached hydrogens (primary N) is 1. The molecule has 2 heterocycles. The monoisotopic (exact) mass is 412 g/mol. The molecule has 0 saturated carbocycles. The summed E-state index contributed by atoms with van der Waals surface area (Å²) in [5.74, 6) is -0.782. The summed E-state index contributed by atoms with van der Waals surface area (Å²) in [5.41, 5.74) is 5.16. The smallest absolute Gasteiger partial charge is 0.239 e. The molecule has 1 aliphatic heterocycles. The highest BCUT2D eigenvalue weighted by molar-refractivity contribution is 7.89. The van der Waals surface area contributed by atoms with E-state index in [-0.39, 0.29) is 18.1 Å². The number of benzene rings is 1. The van der Waals surface area contributed by atoms with E-state index < -0.39 is 27.1 Å². The van der Waals surface area contributed by atoms with Crippen molar-refractivity contribution < 1.29 is 17.5 Å². The van der Waals surface area contributed by atoms with E-state index in [2.05, 4.69) is 9.98 Å². The van der Waals surface area contributed by atoms with Crippen LogP contribution in [0, 0.1) is 5.82 Å². The number of aromatic nitrogens is 1. The SMILES string of the molecule is CN1C(N)=N[C@](C)(c2cc(COc3ccc(Cl)cn3)ccc2F)CS1(=O)=O. The molecule has 0 fully saturated rings. The summed E-state index contributed by atoms with van der Waals surface area (Å²) < 4.78 is 45.6. The molecule has 27 heavy (non-hydrogen) atoms. The fourth-order valence-corrected chi connectivity index (χ4v) is 4.33. The van der Waals surface area contributed by atoms with Gasteiger partial charge in [-0.25, -0.2) is 27.1 Å². The lowest BCUT2D eigenvalue weighted by atomic mass is 9.92. The normalized spacial score (nSPS) is 21.6. The van der Waals surface area contributed by atoms with E-state index in [9.17, 15) is 12.8 Å². The van der Waals surface area contributed by atoms with Gasteiger partial charge in [0.15, 0.2) is 0 Å². The summed E-state index contributed by atoms with van der Waals surface area (Å²) in [6.07, 6.45) is 1.45. The lowest BCUT2D eigenvalue weighted by molar-refractivity contribution is 0.293. The summed E-state index contributed by atoms with van der Waals surface area (Å²) in [6.45, 7) is 1.65. The Morgan fingerprint density at radius 3 is 2.74 bits per heavy atom. The molecule has 144 valence electrons. The van der Waals surface area contributed by atoms with Crippen molar-refractivity contribution in [1.82, 2.24) is 9.29 Å². The van der Waals surface area contributed by atoms with Crippen LogP contribution in [-0.2, 0) is 22.2 Å². The number of nitrogens with zero attached hydrogens (tertiary/aromatic N) is 3. The molecule has 2 N–H and O–H groups in total. The number of halogens is 2. The van der Waals surface area contributed by atoms with E-state index in [4.69, 9.17) is 22.1 Å². The van der Waals surface area contributed by atoms with Gasteiger partial charge in [-0.2, -0.15) is 0 Å². The molecular formula is C17H18ClFN4O3S. The first-order valence-electron chi connectivity index (χ1n) is 7.96. The zero-order valence-corrected chi connectivity index (χ0v) is 16.3. The molecule has 0 amide bonds. The highest BCUT2D eigenvalue weighted by atomic mass is 35.5. The number of hydrogen-bond acceptors (Lipinski definition) is 6. The molecule has 0 bridgehead atoms. The number of sulfonamides is 1. The van der Waals surface area contributed by atoms with Gasteiger partial charge in [0.2, 0.25) is 21.9 Å². The lowest BCUT2D eigenvalue weighted by Gasteiger charge is -2.34. The van der Waals surface area contributed by atoms with Gasteiger partial charge < -0.3 is 10.5 Å². The van der Waals surface area contributed by atoms with E-state index in [0.29, 0.717) is 16.5 Å². The first-order chi connectivity index (χ1) is 12.6. The molecule has 7 nitrogen and oxygen atoms in total. The van der Waals surface area contributed by atoms with Crippen LogP contribution >= 0.6 is 11.6 Å². The van der Waals surface area contributed by atoms with Crippen LogP contribution in [0.5, 0.6) is 5.88 Å². The molecule has 3 rings (SSSR count). The summed E-state index contributed by atoms with van der Waals surface area (Å²) in [6, 6.07) is 7.59. The maximum Gasteiger partial charge on any atom is 0.239 e. The zero-order chi connectivity index (χ0) is 19.8. The molecule has 10 heteroatoms. The van der Waals surface area contributed by atoms with Crippen molar-refractivity contribution >= 4 is 27.6 Å². The lowest BCUT2D eigenvalue weighted by Crippen LogP contribution is -2.50. The zero-order valence-electron chi connectivity index (χ0n) is 14.7. The van der Waals surface area contributed by atoms with Crippen LogP contribution in [0.4, 0.5) is 4.39 Å². The number of ether oxygens (including phenoxy) is 1. The van der Waals surface area contributed by atoms with Gasteiger partial charge in [-0.15, -0.1) is 0 Å².